The molecule has 4 atom stereocenters. The van der Waals surface area contributed by atoms with E-state index in [2.05, 4.69) is 19.2 Å². The Hall–Kier alpha value is -0.650. The average molecular weight is 271 g/mol. The second kappa shape index (κ2) is 5.77. The zero-order valence-corrected chi connectivity index (χ0v) is 12.0. The topological polar surface area (TPSA) is 67.8 Å². The molecule has 0 amide bonds. The van der Waals surface area contributed by atoms with Gasteiger partial charge in [0, 0.05) is 24.6 Å². The molecule has 1 saturated heterocycles. The molecular weight excluding hydrogens is 246 g/mol. The number of aliphatic carboxylic acids is 1. The smallest absolute Gasteiger partial charge is 0.332 e. The molecule has 1 heterocycles. The van der Waals surface area contributed by atoms with Crippen LogP contribution in [0.1, 0.15) is 40.0 Å². The van der Waals surface area contributed by atoms with Crippen LogP contribution < -0.4 is 5.32 Å². The molecule has 0 spiro atoms. The van der Waals surface area contributed by atoms with Gasteiger partial charge in [0.2, 0.25) is 0 Å². The molecule has 2 fully saturated rings. The molecular formula is C14H25NO4. The van der Waals surface area contributed by atoms with Crippen LogP contribution in [0.25, 0.3) is 0 Å². The number of rotatable bonds is 6. The molecule has 2 N–H and O–H groups in total. The van der Waals surface area contributed by atoms with E-state index < -0.39 is 12.1 Å². The summed E-state index contributed by atoms with van der Waals surface area (Å²) in [5.74, 6) is -0.845. The fourth-order valence-electron chi connectivity index (χ4n) is 3.03. The van der Waals surface area contributed by atoms with Crippen molar-refractivity contribution >= 4 is 5.97 Å². The molecule has 0 aromatic carbocycles. The van der Waals surface area contributed by atoms with Crippen LogP contribution in [-0.2, 0) is 14.3 Å². The maximum atomic E-state index is 10.8. The number of hydrogen-bond donors (Lipinski definition) is 2. The van der Waals surface area contributed by atoms with E-state index in [1.165, 1.54) is 0 Å². The average Bonchev–Trinajstić information content (AvgIpc) is 2.81. The molecule has 4 unspecified atom stereocenters. The van der Waals surface area contributed by atoms with Crippen LogP contribution in [0.2, 0.25) is 0 Å². The van der Waals surface area contributed by atoms with Crippen molar-refractivity contribution in [2.75, 3.05) is 13.2 Å². The Morgan fingerprint density at radius 1 is 1.47 bits per heavy atom. The standard InChI is InChI=1S/C14H25NO4/c1-4-18-12-7-11(14(12,2)3)15-8-9-5-6-10(19-9)13(16)17/h9-12,15H,4-8H2,1-3H3,(H,16,17). The third kappa shape index (κ3) is 3.09. The predicted molar refractivity (Wildman–Crippen MR) is 71.1 cm³/mol. The lowest BCUT2D eigenvalue weighted by molar-refractivity contribution is -0.149. The third-order valence-corrected chi connectivity index (χ3v) is 4.52. The molecule has 19 heavy (non-hydrogen) atoms. The van der Waals surface area contributed by atoms with Crippen molar-refractivity contribution in [2.24, 2.45) is 5.41 Å². The summed E-state index contributed by atoms with van der Waals surface area (Å²) in [6.45, 7) is 7.94. The summed E-state index contributed by atoms with van der Waals surface area (Å²) in [5.41, 5.74) is 0.140. The van der Waals surface area contributed by atoms with Gasteiger partial charge in [0.05, 0.1) is 12.2 Å². The van der Waals surface area contributed by atoms with Crippen molar-refractivity contribution in [3.8, 4) is 0 Å². The number of nitrogens with one attached hydrogen (secondary N) is 1. The molecule has 0 radical (unpaired) electrons. The minimum absolute atomic E-state index is 0.0306. The van der Waals surface area contributed by atoms with Crippen LogP contribution in [0.4, 0.5) is 0 Å². The highest BCUT2D eigenvalue weighted by Gasteiger charge is 2.48. The summed E-state index contributed by atoms with van der Waals surface area (Å²) in [5, 5.41) is 12.4. The van der Waals surface area contributed by atoms with Crippen LogP contribution in [0, 0.1) is 5.41 Å². The zero-order valence-electron chi connectivity index (χ0n) is 12.0. The van der Waals surface area contributed by atoms with E-state index in [1.807, 2.05) is 6.92 Å². The van der Waals surface area contributed by atoms with Crippen LogP contribution in [-0.4, -0.2) is 48.6 Å². The van der Waals surface area contributed by atoms with Gasteiger partial charge in [-0.3, -0.25) is 0 Å². The summed E-state index contributed by atoms with van der Waals surface area (Å²) in [6.07, 6.45) is 2.21. The van der Waals surface area contributed by atoms with Gasteiger partial charge in [-0.15, -0.1) is 0 Å². The molecule has 5 heteroatoms. The van der Waals surface area contributed by atoms with Gasteiger partial charge in [-0.25, -0.2) is 4.79 Å². The fourth-order valence-corrected chi connectivity index (χ4v) is 3.03. The molecule has 110 valence electrons. The minimum atomic E-state index is -0.845. The normalized spacial score (nSPS) is 37.0. The molecule has 0 aromatic heterocycles. The van der Waals surface area contributed by atoms with Crippen LogP contribution in [0.15, 0.2) is 0 Å². The second-order valence-corrected chi connectivity index (χ2v) is 6.12. The first-order chi connectivity index (χ1) is 8.95. The molecule has 2 rings (SSSR count). The van der Waals surface area contributed by atoms with Gasteiger partial charge in [-0.1, -0.05) is 13.8 Å². The largest absolute Gasteiger partial charge is 0.479 e. The summed E-state index contributed by atoms with van der Waals surface area (Å²) in [4.78, 5) is 10.8. The maximum Gasteiger partial charge on any atom is 0.332 e. The van der Waals surface area contributed by atoms with Gasteiger partial charge in [-0.05, 0) is 26.2 Å². The molecule has 0 bridgehead atoms. The number of carboxylic acid groups (broad SMARTS) is 1. The number of hydrogen-bond acceptors (Lipinski definition) is 4. The van der Waals surface area contributed by atoms with E-state index in [0.717, 1.165) is 26.0 Å². The van der Waals surface area contributed by atoms with Gasteiger partial charge < -0.3 is 19.9 Å². The third-order valence-electron chi connectivity index (χ3n) is 4.52. The molecule has 0 aromatic rings. The van der Waals surface area contributed by atoms with Gasteiger partial charge >= 0.3 is 5.97 Å². The number of ether oxygens (including phenoxy) is 2. The molecule has 5 nitrogen and oxygen atoms in total. The highest BCUT2D eigenvalue weighted by atomic mass is 16.5. The van der Waals surface area contributed by atoms with Crippen LogP contribution in [0.3, 0.4) is 0 Å². The SMILES string of the molecule is CCOC1CC(NCC2CCC(C(=O)O)O2)C1(C)C. The lowest BCUT2D eigenvalue weighted by Gasteiger charge is -2.52. The lowest BCUT2D eigenvalue weighted by Crippen LogP contribution is -2.61. The van der Waals surface area contributed by atoms with E-state index >= 15 is 0 Å². The van der Waals surface area contributed by atoms with Gasteiger partial charge in [0.1, 0.15) is 0 Å². The molecule has 1 aliphatic carbocycles. The maximum absolute atomic E-state index is 10.8. The molecule has 2 aliphatic rings. The zero-order chi connectivity index (χ0) is 14.0. The van der Waals surface area contributed by atoms with E-state index in [9.17, 15) is 4.79 Å². The Morgan fingerprint density at radius 3 is 2.74 bits per heavy atom. The lowest BCUT2D eigenvalue weighted by atomic mass is 9.64. The van der Waals surface area contributed by atoms with Crippen molar-refractivity contribution < 1.29 is 19.4 Å². The highest BCUT2D eigenvalue weighted by molar-refractivity contribution is 5.72. The van der Waals surface area contributed by atoms with Crippen molar-refractivity contribution in [3.63, 3.8) is 0 Å². The van der Waals surface area contributed by atoms with Gasteiger partial charge in [-0.2, -0.15) is 0 Å². The summed E-state index contributed by atoms with van der Waals surface area (Å²) < 4.78 is 11.2. The Morgan fingerprint density at radius 2 is 2.21 bits per heavy atom. The quantitative estimate of drug-likeness (QED) is 0.764. The molecule has 1 aliphatic heterocycles. The Balaban J connectivity index is 1.71. The first-order valence-corrected chi connectivity index (χ1v) is 7.18. The summed E-state index contributed by atoms with van der Waals surface area (Å²) in [7, 11) is 0. The van der Waals surface area contributed by atoms with Crippen molar-refractivity contribution in [1.29, 1.82) is 0 Å². The van der Waals surface area contributed by atoms with E-state index in [-0.39, 0.29) is 11.5 Å². The minimum Gasteiger partial charge on any atom is -0.479 e. The van der Waals surface area contributed by atoms with E-state index in [0.29, 0.717) is 18.6 Å². The molecule has 1 saturated carbocycles. The summed E-state index contributed by atoms with van der Waals surface area (Å²) >= 11 is 0. The van der Waals surface area contributed by atoms with Crippen LogP contribution >= 0.6 is 0 Å². The Bertz CT molecular complexity index is 331. The highest BCUT2D eigenvalue weighted by Crippen LogP contribution is 2.42. The number of carbonyl (C=O) groups is 1. The predicted octanol–water partition coefficient (Wildman–Crippen LogP) is 1.41. The van der Waals surface area contributed by atoms with E-state index in [1.54, 1.807) is 0 Å². The van der Waals surface area contributed by atoms with Crippen molar-refractivity contribution in [2.45, 2.75) is 64.4 Å². The summed E-state index contributed by atoms with van der Waals surface area (Å²) in [6, 6.07) is 0.427. The first-order valence-electron chi connectivity index (χ1n) is 7.18. The van der Waals surface area contributed by atoms with Crippen molar-refractivity contribution in [3.05, 3.63) is 0 Å². The van der Waals surface area contributed by atoms with Gasteiger partial charge in [0.15, 0.2) is 6.10 Å². The fraction of sp³-hybridized carbons (Fsp3) is 0.929. The van der Waals surface area contributed by atoms with Gasteiger partial charge in [0.25, 0.3) is 0 Å². The monoisotopic (exact) mass is 271 g/mol. The Labute approximate surface area is 114 Å². The first kappa shape index (κ1) is 14.8. The van der Waals surface area contributed by atoms with E-state index in [4.69, 9.17) is 14.6 Å². The Kier molecular flexibility index (Phi) is 4.48. The van der Waals surface area contributed by atoms with Crippen LogP contribution in [0.5, 0.6) is 0 Å². The second-order valence-electron chi connectivity index (χ2n) is 6.12. The van der Waals surface area contributed by atoms with Crippen molar-refractivity contribution in [1.82, 2.24) is 5.32 Å². The number of carboxylic acids is 1.